The first-order valence-electron chi connectivity index (χ1n) is 5.63. The van der Waals surface area contributed by atoms with Gasteiger partial charge in [-0.05, 0) is 18.9 Å². The van der Waals surface area contributed by atoms with E-state index in [1.54, 1.807) is 6.07 Å². The molecule has 2 heterocycles. The Morgan fingerprint density at radius 2 is 2.28 bits per heavy atom. The molecular formula is C11H13N3O4. The lowest BCUT2D eigenvalue weighted by molar-refractivity contribution is -0.148. The minimum absolute atomic E-state index is 0.170. The highest BCUT2D eigenvalue weighted by atomic mass is 16.4. The predicted molar refractivity (Wildman–Crippen MR) is 60.9 cm³/mol. The van der Waals surface area contributed by atoms with Gasteiger partial charge in [0.1, 0.15) is 12.6 Å². The maximum Gasteiger partial charge on any atom is 0.347 e. The van der Waals surface area contributed by atoms with Gasteiger partial charge in [0, 0.05) is 18.9 Å². The van der Waals surface area contributed by atoms with Crippen LogP contribution in [0.15, 0.2) is 23.3 Å². The van der Waals surface area contributed by atoms with E-state index in [4.69, 9.17) is 5.11 Å². The number of hydrogen-bond donors (Lipinski definition) is 1. The summed E-state index contributed by atoms with van der Waals surface area (Å²) in [7, 11) is 0. The number of aliphatic carboxylic acids is 1. The van der Waals surface area contributed by atoms with Crippen molar-refractivity contribution in [3.8, 4) is 0 Å². The molecule has 1 aliphatic rings. The second-order valence-corrected chi connectivity index (χ2v) is 4.11. The normalized spacial score (nSPS) is 18.9. The van der Waals surface area contributed by atoms with Crippen LogP contribution in [0.5, 0.6) is 0 Å². The number of aromatic nitrogens is 2. The molecule has 1 aromatic heterocycles. The zero-order valence-electron chi connectivity index (χ0n) is 9.65. The fraction of sp³-hybridized carbons (Fsp3) is 0.455. The smallest absolute Gasteiger partial charge is 0.347 e. The van der Waals surface area contributed by atoms with Crippen molar-refractivity contribution in [1.82, 2.24) is 14.5 Å². The second-order valence-electron chi connectivity index (χ2n) is 4.11. The lowest BCUT2D eigenvalue weighted by Crippen LogP contribution is -2.43. The highest BCUT2D eigenvalue weighted by molar-refractivity contribution is 5.84. The molecular weight excluding hydrogens is 238 g/mol. The van der Waals surface area contributed by atoms with Crippen LogP contribution in [-0.4, -0.2) is 44.0 Å². The van der Waals surface area contributed by atoms with Crippen LogP contribution in [-0.2, 0) is 16.1 Å². The Kier molecular flexibility index (Phi) is 3.40. The van der Waals surface area contributed by atoms with Gasteiger partial charge in [-0.15, -0.1) is 0 Å². The summed E-state index contributed by atoms with van der Waals surface area (Å²) in [4.78, 5) is 39.1. The van der Waals surface area contributed by atoms with Gasteiger partial charge < -0.3 is 10.0 Å². The van der Waals surface area contributed by atoms with E-state index in [-0.39, 0.29) is 12.5 Å². The minimum Gasteiger partial charge on any atom is -0.480 e. The fourth-order valence-corrected chi connectivity index (χ4v) is 2.07. The summed E-state index contributed by atoms with van der Waals surface area (Å²) in [5, 5.41) is 8.98. The molecule has 7 nitrogen and oxygen atoms in total. The molecule has 1 N–H and O–H groups in total. The van der Waals surface area contributed by atoms with E-state index in [9.17, 15) is 14.4 Å². The quantitative estimate of drug-likeness (QED) is 0.768. The van der Waals surface area contributed by atoms with E-state index in [2.05, 4.69) is 4.98 Å². The number of hydrogen-bond acceptors (Lipinski definition) is 4. The number of likely N-dealkylation sites (tertiary alicyclic amines) is 1. The third kappa shape index (κ3) is 2.39. The van der Waals surface area contributed by atoms with Crippen LogP contribution >= 0.6 is 0 Å². The standard InChI is InChI=1S/C11H13N3O4/c15-9(7-13-5-2-4-12-11(13)18)14-6-1-3-8(14)10(16)17/h2,4-5,8H,1,3,6-7H2,(H,16,17)/t8-/m1/s1. The summed E-state index contributed by atoms with van der Waals surface area (Å²) in [5.74, 6) is -1.37. The maximum atomic E-state index is 12.0. The van der Waals surface area contributed by atoms with Crippen molar-refractivity contribution in [3.05, 3.63) is 28.9 Å². The Morgan fingerprint density at radius 1 is 1.50 bits per heavy atom. The van der Waals surface area contributed by atoms with E-state index in [1.165, 1.54) is 21.9 Å². The summed E-state index contributed by atoms with van der Waals surface area (Å²) in [5.41, 5.74) is -0.517. The number of carboxylic acid groups (broad SMARTS) is 1. The molecule has 1 amide bonds. The third-order valence-electron chi connectivity index (χ3n) is 2.95. The number of amides is 1. The largest absolute Gasteiger partial charge is 0.480 e. The Morgan fingerprint density at radius 3 is 2.94 bits per heavy atom. The number of carbonyl (C=O) groups is 2. The molecule has 7 heteroatoms. The van der Waals surface area contributed by atoms with Crippen molar-refractivity contribution in [1.29, 1.82) is 0 Å². The molecule has 1 aromatic rings. The lowest BCUT2D eigenvalue weighted by Gasteiger charge is -2.21. The molecule has 1 atom stereocenters. The Hall–Kier alpha value is -2.18. The Bertz CT molecular complexity index is 525. The molecule has 18 heavy (non-hydrogen) atoms. The molecule has 0 radical (unpaired) electrons. The highest BCUT2D eigenvalue weighted by Gasteiger charge is 2.33. The average Bonchev–Trinajstić information content (AvgIpc) is 2.81. The van der Waals surface area contributed by atoms with Crippen molar-refractivity contribution in [3.63, 3.8) is 0 Å². The van der Waals surface area contributed by atoms with Gasteiger partial charge in [0.25, 0.3) is 0 Å². The van der Waals surface area contributed by atoms with Crippen LogP contribution in [0.4, 0.5) is 0 Å². The summed E-state index contributed by atoms with van der Waals surface area (Å²) in [6.07, 6.45) is 3.94. The molecule has 0 aromatic carbocycles. The zero-order valence-corrected chi connectivity index (χ0v) is 9.65. The second kappa shape index (κ2) is 4.99. The van der Waals surface area contributed by atoms with Gasteiger partial charge in [-0.3, -0.25) is 9.36 Å². The number of carboxylic acids is 1. The van der Waals surface area contributed by atoms with Gasteiger partial charge in [0.05, 0.1) is 0 Å². The first-order chi connectivity index (χ1) is 8.59. The van der Waals surface area contributed by atoms with E-state index >= 15 is 0 Å². The zero-order chi connectivity index (χ0) is 13.1. The topological polar surface area (TPSA) is 92.5 Å². The van der Waals surface area contributed by atoms with Crippen molar-refractivity contribution in [2.24, 2.45) is 0 Å². The monoisotopic (exact) mass is 251 g/mol. The molecule has 1 saturated heterocycles. The van der Waals surface area contributed by atoms with Crippen molar-refractivity contribution in [2.45, 2.75) is 25.4 Å². The van der Waals surface area contributed by atoms with Crippen molar-refractivity contribution in [2.75, 3.05) is 6.54 Å². The van der Waals surface area contributed by atoms with E-state index in [1.807, 2.05) is 0 Å². The van der Waals surface area contributed by atoms with E-state index in [0.29, 0.717) is 19.4 Å². The number of nitrogens with zero attached hydrogens (tertiary/aromatic N) is 3. The Labute approximate surface area is 103 Å². The van der Waals surface area contributed by atoms with Gasteiger partial charge >= 0.3 is 11.7 Å². The molecule has 1 aliphatic heterocycles. The van der Waals surface area contributed by atoms with E-state index in [0.717, 1.165) is 0 Å². The predicted octanol–water partition coefficient (Wildman–Crippen LogP) is -0.681. The van der Waals surface area contributed by atoms with Gasteiger partial charge in [-0.2, -0.15) is 0 Å². The summed E-state index contributed by atoms with van der Waals surface area (Å²) >= 11 is 0. The van der Waals surface area contributed by atoms with Gasteiger partial charge in [-0.1, -0.05) is 0 Å². The molecule has 1 fully saturated rings. The highest BCUT2D eigenvalue weighted by Crippen LogP contribution is 2.17. The summed E-state index contributed by atoms with van der Waals surface area (Å²) in [6.45, 7) is 0.251. The molecule has 0 saturated carbocycles. The van der Waals surface area contributed by atoms with Gasteiger partial charge in [0.15, 0.2) is 0 Å². The van der Waals surface area contributed by atoms with Gasteiger partial charge in [0.2, 0.25) is 5.91 Å². The van der Waals surface area contributed by atoms with Crippen LogP contribution in [0, 0.1) is 0 Å². The first-order valence-corrected chi connectivity index (χ1v) is 5.63. The van der Waals surface area contributed by atoms with Crippen molar-refractivity contribution >= 4 is 11.9 Å². The summed E-state index contributed by atoms with van der Waals surface area (Å²) < 4.78 is 1.17. The van der Waals surface area contributed by atoms with Crippen LogP contribution in [0.3, 0.4) is 0 Å². The minimum atomic E-state index is -1.00. The molecule has 0 unspecified atom stereocenters. The van der Waals surface area contributed by atoms with Crippen molar-refractivity contribution < 1.29 is 14.7 Å². The molecule has 2 rings (SSSR count). The third-order valence-corrected chi connectivity index (χ3v) is 2.95. The Balaban J connectivity index is 2.11. The van der Waals surface area contributed by atoms with Gasteiger partial charge in [-0.25, -0.2) is 14.6 Å². The SMILES string of the molecule is O=C(O)[C@H]1CCCN1C(=O)Cn1cccnc1=O. The molecule has 0 bridgehead atoms. The first kappa shape index (κ1) is 12.3. The molecule has 96 valence electrons. The lowest BCUT2D eigenvalue weighted by atomic mass is 10.2. The fourth-order valence-electron chi connectivity index (χ4n) is 2.07. The summed E-state index contributed by atoms with van der Waals surface area (Å²) in [6, 6.07) is 0.776. The maximum absolute atomic E-state index is 12.0. The van der Waals surface area contributed by atoms with Crippen LogP contribution < -0.4 is 5.69 Å². The van der Waals surface area contributed by atoms with Crippen LogP contribution in [0.2, 0.25) is 0 Å². The number of rotatable bonds is 3. The molecule has 0 aliphatic carbocycles. The molecule has 0 spiro atoms. The number of carbonyl (C=O) groups excluding carboxylic acids is 1. The van der Waals surface area contributed by atoms with Crippen LogP contribution in [0.25, 0.3) is 0 Å². The average molecular weight is 251 g/mol. The van der Waals surface area contributed by atoms with Crippen LogP contribution in [0.1, 0.15) is 12.8 Å². The van der Waals surface area contributed by atoms with E-state index < -0.39 is 17.7 Å².